The van der Waals surface area contributed by atoms with Crippen LogP contribution in [0.15, 0.2) is 4.99 Å². The average molecular weight is 806 g/mol. The van der Waals surface area contributed by atoms with Gasteiger partial charge in [0.2, 0.25) is 41.4 Å². The van der Waals surface area contributed by atoms with Gasteiger partial charge in [0.25, 0.3) is 0 Å². The number of primary amides is 1. The lowest BCUT2D eigenvalue weighted by molar-refractivity contribution is -0.145. The van der Waals surface area contributed by atoms with E-state index >= 15 is 0 Å². The molecule has 25 heteroatoms. The van der Waals surface area contributed by atoms with Gasteiger partial charge >= 0.3 is 11.9 Å². The van der Waals surface area contributed by atoms with E-state index in [0.29, 0.717) is 0 Å². The van der Waals surface area contributed by atoms with Crippen LogP contribution < -0.4 is 54.8 Å². The van der Waals surface area contributed by atoms with Crippen molar-refractivity contribution in [1.82, 2.24) is 31.9 Å². The van der Waals surface area contributed by atoms with Crippen LogP contribution >= 0.6 is 0 Å². The molecule has 0 fully saturated rings. The second-order valence-electron chi connectivity index (χ2n) is 13.0. The van der Waals surface area contributed by atoms with E-state index < -0.39 is 140 Å². The summed E-state index contributed by atoms with van der Waals surface area (Å²) in [4.78, 5) is 117. The van der Waals surface area contributed by atoms with Crippen LogP contribution in [-0.2, 0) is 43.2 Å². The molecule has 318 valence electrons. The lowest BCUT2D eigenvalue weighted by atomic mass is 10.0. The number of guanidine groups is 1. The summed E-state index contributed by atoms with van der Waals surface area (Å²) in [7, 11) is 0. The fourth-order valence-electron chi connectivity index (χ4n) is 4.64. The zero-order valence-electron chi connectivity index (χ0n) is 31.4. The number of hydrogen-bond donors (Lipinski definition) is 15. The van der Waals surface area contributed by atoms with E-state index in [9.17, 15) is 68.7 Å². The molecule has 0 aliphatic heterocycles. The second-order valence-corrected chi connectivity index (χ2v) is 13.0. The number of carbonyl (C=O) groups is 9. The zero-order chi connectivity index (χ0) is 43.4. The number of nitrogens with one attached hydrogen (secondary N) is 6. The molecule has 0 saturated carbocycles. The predicted octanol–water partition coefficient (Wildman–Crippen LogP) is -7.49. The Balaban J connectivity index is 6.32. The Kier molecular flexibility index (Phi) is 22.2. The molecule has 19 N–H and O–H groups in total. The molecule has 0 unspecified atom stereocenters. The molecular weight excluding hydrogens is 750 g/mol. The highest BCUT2D eigenvalue weighted by Gasteiger charge is 2.35. The topological polar surface area (TPSA) is 443 Å². The highest BCUT2D eigenvalue weighted by molar-refractivity contribution is 5.98. The lowest BCUT2D eigenvalue weighted by Crippen LogP contribution is -2.61. The van der Waals surface area contributed by atoms with Gasteiger partial charge in [0, 0.05) is 13.0 Å². The first-order valence-corrected chi connectivity index (χ1v) is 17.3. The largest absolute Gasteiger partial charge is 0.481 e. The van der Waals surface area contributed by atoms with E-state index in [1.54, 1.807) is 0 Å². The van der Waals surface area contributed by atoms with Crippen molar-refractivity contribution in [2.75, 3.05) is 13.2 Å². The number of carboxylic acids is 2. The van der Waals surface area contributed by atoms with Gasteiger partial charge in [-0.3, -0.25) is 43.3 Å². The maximum atomic E-state index is 13.5. The van der Waals surface area contributed by atoms with Gasteiger partial charge in [0.15, 0.2) is 12.0 Å². The van der Waals surface area contributed by atoms with Gasteiger partial charge in [0.05, 0.1) is 25.2 Å². The van der Waals surface area contributed by atoms with Gasteiger partial charge in [-0.25, -0.2) is 4.79 Å². The predicted molar refractivity (Wildman–Crippen MR) is 193 cm³/mol. The van der Waals surface area contributed by atoms with Crippen molar-refractivity contribution in [1.29, 1.82) is 0 Å². The molecule has 25 nitrogen and oxygen atoms in total. The molecule has 0 aromatic rings. The summed E-state index contributed by atoms with van der Waals surface area (Å²) in [5, 5.41) is 60.9. The minimum atomic E-state index is -1.84. The van der Waals surface area contributed by atoms with E-state index in [0.717, 1.165) is 6.92 Å². The van der Waals surface area contributed by atoms with Gasteiger partial charge in [0.1, 0.15) is 36.3 Å². The summed E-state index contributed by atoms with van der Waals surface area (Å²) in [6.45, 7) is 4.24. The summed E-state index contributed by atoms with van der Waals surface area (Å²) in [6.07, 6.45) is -5.14. The quantitative estimate of drug-likeness (QED) is 0.0219. The molecule has 0 aliphatic carbocycles. The fourth-order valence-corrected chi connectivity index (χ4v) is 4.64. The number of aliphatic carboxylic acids is 2. The Bertz CT molecular complexity index is 1440. The highest BCUT2D eigenvalue weighted by Crippen LogP contribution is 2.09. The average Bonchev–Trinajstić information content (AvgIpc) is 3.09. The molecule has 0 aromatic heterocycles. The van der Waals surface area contributed by atoms with Crippen LogP contribution in [0.1, 0.15) is 59.8 Å². The summed E-state index contributed by atoms with van der Waals surface area (Å²) >= 11 is 0. The Morgan fingerprint density at radius 2 is 1.07 bits per heavy atom. The Hall–Kier alpha value is -5.66. The maximum absolute atomic E-state index is 13.5. The van der Waals surface area contributed by atoms with Crippen LogP contribution in [0, 0.1) is 5.92 Å². The maximum Gasteiger partial charge on any atom is 0.328 e. The highest BCUT2D eigenvalue weighted by atomic mass is 16.4. The van der Waals surface area contributed by atoms with E-state index in [-0.39, 0.29) is 25.3 Å². The molecule has 0 aliphatic rings. The molecular formula is C31H55N11O14. The number of nitrogens with zero attached hydrogens (tertiary/aromatic N) is 1. The van der Waals surface area contributed by atoms with Crippen LogP contribution in [-0.4, -0.2) is 152 Å². The van der Waals surface area contributed by atoms with Crippen molar-refractivity contribution in [3.63, 3.8) is 0 Å². The van der Waals surface area contributed by atoms with Crippen LogP contribution in [0.3, 0.4) is 0 Å². The van der Waals surface area contributed by atoms with Gasteiger partial charge < -0.3 is 80.4 Å². The van der Waals surface area contributed by atoms with Gasteiger partial charge in [-0.15, -0.1) is 0 Å². The third-order valence-corrected chi connectivity index (χ3v) is 7.83. The SMILES string of the molecule is CC(C)[C@H](NC(=O)[C@H](CC(N)=O)NC(=O)[C@H](CCC(=O)O)NC(=O)[C@H](CO)NC(=O)[C@@H](N)[C@@H](C)O)C(=O)N[C@@H](CCCN=C(N)N)C(=O)N[C@H](C(=O)O)[C@@H](C)O. The Labute approximate surface area is 321 Å². The summed E-state index contributed by atoms with van der Waals surface area (Å²) in [6, 6.07) is -11.5. The number of aliphatic imine (C=N–C) groups is 1. The number of amides is 7. The van der Waals surface area contributed by atoms with Gasteiger partial charge in [-0.2, -0.15) is 0 Å². The standard InChI is InChI=1S/C31H55N11O14/c1-12(2)22(29(54)38-15(6-5-9-36-31(34)35)25(50)42-23(14(4)45)30(55)56)41-26(51)17(10-19(32)46)39-24(49)16(7-8-20(47)48)37-27(52)18(11-43)40-28(53)21(33)13(3)44/h12-18,21-23,43-45H,5-11,33H2,1-4H3,(H2,32,46)(H,37,52)(H,38,54)(H,39,49)(H,40,53)(H,41,51)(H,42,50)(H,47,48)(H,55,56)(H4,34,35,36)/t13-,14-,15+,16+,17+,18+,21+,22+,23+/m1/s1. The fraction of sp³-hybridized carbons (Fsp3) is 0.677. The normalized spacial score (nSPS) is 15.8. The van der Waals surface area contributed by atoms with Crippen LogP contribution in [0.2, 0.25) is 0 Å². The molecule has 0 bridgehead atoms. The van der Waals surface area contributed by atoms with Crippen LogP contribution in [0.25, 0.3) is 0 Å². The zero-order valence-corrected chi connectivity index (χ0v) is 31.4. The molecule has 0 aromatic carbocycles. The Morgan fingerprint density at radius 3 is 1.54 bits per heavy atom. The number of aliphatic hydroxyl groups excluding tert-OH is 3. The van der Waals surface area contributed by atoms with Crippen molar-refractivity contribution in [2.24, 2.45) is 33.8 Å². The third kappa shape index (κ3) is 18.6. The smallest absolute Gasteiger partial charge is 0.328 e. The molecule has 0 saturated heterocycles. The van der Waals surface area contributed by atoms with Crippen molar-refractivity contribution in [3.05, 3.63) is 0 Å². The molecule has 0 spiro atoms. The minimum Gasteiger partial charge on any atom is -0.481 e. The minimum absolute atomic E-state index is 0.0000510. The van der Waals surface area contributed by atoms with E-state index in [1.165, 1.54) is 20.8 Å². The first-order chi connectivity index (χ1) is 25.9. The summed E-state index contributed by atoms with van der Waals surface area (Å²) in [5.41, 5.74) is 21.5. The molecule has 0 heterocycles. The number of carboxylic acid groups (broad SMARTS) is 2. The first-order valence-electron chi connectivity index (χ1n) is 17.3. The summed E-state index contributed by atoms with van der Waals surface area (Å²) < 4.78 is 0. The van der Waals surface area contributed by atoms with Crippen LogP contribution in [0.5, 0.6) is 0 Å². The first kappa shape index (κ1) is 50.3. The molecule has 0 rings (SSSR count). The molecule has 0 radical (unpaired) electrons. The number of nitrogens with two attached hydrogens (primary N) is 4. The van der Waals surface area contributed by atoms with Gasteiger partial charge in [-0.1, -0.05) is 13.8 Å². The van der Waals surface area contributed by atoms with Crippen molar-refractivity contribution >= 4 is 59.2 Å². The van der Waals surface area contributed by atoms with Crippen molar-refractivity contribution < 1.29 is 68.7 Å². The molecule has 56 heavy (non-hydrogen) atoms. The number of hydrogen-bond acceptors (Lipinski definition) is 14. The molecule has 9 atom stereocenters. The monoisotopic (exact) mass is 805 g/mol. The number of aliphatic hydroxyl groups is 3. The Morgan fingerprint density at radius 1 is 0.607 bits per heavy atom. The van der Waals surface area contributed by atoms with Crippen LogP contribution in [0.4, 0.5) is 0 Å². The molecule has 7 amide bonds. The summed E-state index contributed by atoms with van der Waals surface area (Å²) in [5.74, 6) is -11.8. The van der Waals surface area contributed by atoms with E-state index in [1.807, 2.05) is 0 Å². The van der Waals surface area contributed by atoms with Gasteiger partial charge in [-0.05, 0) is 39.0 Å². The van der Waals surface area contributed by atoms with E-state index in [4.69, 9.17) is 22.9 Å². The third-order valence-electron chi connectivity index (χ3n) is 7.83. The lowest BCUT2D eigenvalue weighted by Gasteiger charge is -2.28. The van der Waals surface area contributed by atoms with Crippen molar-refractivity contribution in [2.45, 2.75) is 114 Å². The second kappa shape index (κ2) is 24.7. The number of carbonyl (C=O) groups excluding carboxylic acids is 7. The van der Waals surface area contributed by atoms with E-state index in [2.05, 4.69) is 36.9 Å². The van der Waals surface area contributed by atoms with Crippen molar-refractivity contribution in [3.8, 4) is 0 Å². The number of rotatable bonds is 26.